The van der Waals surface area contributed by atoms with Gasteiger partial charge >= 0.3 is 0 Å². The van der Waals surface area contributed by atoms with Crippen LogP contribution in [0.1, 0.15) is 70.4 Å². The number of piperidine rings is 1. The van der Waals surface area contributed by atoms with Crippen molar-refractivity contribution >= 4 is 5.78 Å². The van der Waals surface area contributed by atoms with E-state index in [0.717, 1.165) is 18.9 Å². The maximum atomic E-state index is 11.8. The molecule has 4 heteroatoms. The highest BCUT2D eigenvalue weighted by atomic mass is 16.1. The third-order valence-corrected chi connectivity index (χ3v) is 6.95. The van der Waals surface area contributed by atoms with Crippen molar-refractivity contribution in [2.45, 2.75) is 77.3 Å². The van der Waals surface area contributed by atoms with Gasteiger partial charge in [0.15, 0.2) is 0 Å². The number of carbonyl (C=O) groups excluding carboxylic acids is 1. The van der Waals surface area contributed by atoms with Crippen molar-refractivity contribution < 1.29 is 4.79 Å². The van der Waals surface area contributed by atoms with Gasteiger partial charge in [0.1, 0.15) is 5.78 Å². The second-order valence-electron chi connectivity index (χ2n) is 8.44. The molecule has 2 aliphatic carbocycles. The van der Waals surface area contributed by atoms with Crippen molar-refractivity contribution in [1.82, 2.24) is 14.7 Å². The fourth-order valence-corrected chi connectivity index (χ4v) is 5.31. The Morgan fingerprint density at radius 3 is 2.46 bits per heavy atom. The molecule has 1 aliphatic heterocycles. The van der Waals surface area contributed by atoms with E-state index in [1.165, 1.54) is 57.2 Å². The Bertz CT molecular complexity index is 586. The summed E-state index contributed by atoms with van der Waals surface area (Å²) in [6.07, 6.45) is 13.6. The molecule has 1 aromatic heterocycles. The van der Waals surface area contributed by atoms with Crippen LogP contribution in [0.5, 0.6) is 0 Å². The van der Waals surface area contributed by atoms with Crippen LogP contribution in [-0.2, 0) is 11.2 Å². The molecule has 1 aromatic rings. The lowest BCUT2D eigenvalue weighted by molar-refractivity contribution is -0.141. The second-order valence-corrected chi connectivity index (χ2v) is 8.44. The molecule has 3 fully saturated rings. The van der Waals surface area contributed by atoms with Gasteiger partial charge in [-0.3, -0.25) is 9.48 Å². The molecule has 3 aliphatic rings. The van der Waals surface area contributed by atoms with Crippen molar-refractivity contribution in [3.63, 3.8) is 0 Å². The Labute approximate surface area is 145 Å². The summed E-state index contributed by atoms with van der Waals surface area (Å²) in [5.41, 5.74) is 1.90. The Hall–Kier alpha value is -1.16. The minimum atomic E-state index is 0.397. The van der Waals surface area contributed by atoms with Gasteiger partial charge in [-0.25, -0.2) is 0 Å². The maximum Gasteiger partial charge on any atom is 0.135 e. The first kappa shape index (κ1) is 16.3. The highest BCUT2D eigenvalue weighted by Crippen LogP contribution is 2.60. The van der Waals surface area contributed by atoms with Crippen molar-refractivity contribution in [1.29, 1.82) is 0 Å². The van der Waals surface area contributed by atoms with E-state index in [1.807, 2.05) is 13.1 Å². The number of aryl methyl sites for hydroxylation is 1. The van der Waals surface area contributed by atoms with E-state index in [9.17, 15) is 4.79 Å². The number of ketones is 1. The molecular formula is C20H31N3O. The maximum absolute atomic E-state index is 11.8. The SMILES string of the molecule is CCC(=O)C1CC2(C1)CC(N1CCC(n3cc(CC)cn3)CC1)C2. The number of carbonyl (C=O) groups is 1. The lowest BCUT2D eigenvalue weighted by Gasteiger charge is -2.60. The lowest BCUT2D eigenvalue weighted by Crippen LogP contribution is -2.58. The van der Waals surface area contributed by atoms with Crippen molar-refractivity contribution in [2.24, 2.45) is 11.3 Å². The van der Waals surface area contributed by atoms with Crippen LogP contribution in [0.4, 0.5) is 0 Å². The largest absolute Gasteiger partial charge is 0.300 e. The van der Waals surface area contributed by atoms with Crippen LogP contribution in [0.2, 0.25) is 0 Å². The topological polar surface area (TPSA) is 38.1 Å². The first-order valence-electron chi connectivity index (χ1n) is 9.92. The van der Waals surface area contributed by atoms with Crippen LogP contribution in [0.25, 0.3) is 0 Å². The monoisotopic (exact) mass is 329 g/mol. The van der Waals surface area contributed by atoms with Crippen LogP contribution >= 0.6 is 0 Å². The molecule has 24 heavy (non-hydrogen) atoms. The van der Waals surface area contributed by atoms with Gasteiger partial charge in [-0.1, -0.05) is 13.8 Å². The molecule has 0 atom stereocenters. The molecule has 0 unspecified atom stereocenters. The zero-order valence-electron chi connectivity index (χ0n) is 15.2. The van der Waals surface area contributed by atoms with Crippen molar-refractivity contribution in [2.75, 3.05) is 13.1 Å². The van der Waals surface area contributed by atoms with E-state index in [4.69, 9.17) is 0 Å². The predicted molar refractivity (Wildman–Crippen MR) is 94.9 cm³/mol. The Kier molecular flexibility index (Phi) is 4.27. The first-order valence-corrected chi connectivity index (χ1v) is 9.92. The van der Waals surface area contributed by atoms with Gasteiger partial charge < -0.3 is 4.90 Å². The molecule has 1 saturated heterocycles. The van der Waals surface area contributed by atoms with Crippen LogP contribution in [0, 0.1) is 11.3 Å². The Morgan fingerprint density at radius 1 is 1.17 bits per heavy atom. The minimum Gasteiger partial charge on any atom is -0.300 e. The average molecular weight is 329 g/mol. The molecule has 4 nitrogen and oxygen atoms in total. The second kappa shape index (κ2) is 6.29. The summed E-state index contributed by atoms with van der Waals surface area (Å²) in [5, 5.41) is 4.56. The summed E-state index contributed by atoms with van der Waals surface area (Å²) in [5.74, 6) is 0.893. The van der Waals surface area contributed by atoms with Gasteiger partial charge in [0.25, 0.3) is 0 Å². The van der Waals surface area contributed by atoms with E-state index in [0.29, 0.717) is 23.2 Å². The van der Waals surface area contributed by atoms with Crippen LogP contribution in [0.15, 0.2) is 12.4 Å². The van der Waals surface area contributed by atoms with Crippen LogP contribution in [-0.4, -0.2) is 39.6 Å². The molecule has 0 radical (unpaired) electrons. The van der Waals surface area contributed by atoms with Crippen molar-refractivity contribution in [3.05, 3.63) is 18.0 Å². The third-order valence-electron chi connectivity index (χ3n) is 6.95. The molecule has 0 amide bonds. The zero-order chi connectivity index (χ0) is 16.7. The normalized spacial score (nSPS) is 34.1. The number of nitrogens with zero attached hydrogens (tertiary/aromatic N) is 3. The van der Waals surface area contributed by atoms with Gasteiger partial charge in [0, 0.05) is 37.7 Å². The summed E-state index contributed by atoms with van der Waals surface area (Å²) >= 11 is 0. The fraction of sp³-hybridized carbons (Fsp3) is 0.800. The van der Waals surface area contributed by atoms with E-state index in [2.05, 4.69) is 27.8 Å². The number of hydrogen-bond donors (Lipinski definition) is 0. The van der Waals surface area contributed by atoms with E-state index >= 15 is 0 Å². The summed E-state index contributed by atoms with van der Waals surface area (Å²) in [4.78, 5) is 14.5. The lowest BCUT2D eigenvalue weighted by atomic mass is 9.49. The number of aromatic nitrogens is 2. The van der Waals surface area contributed by atoms with Gasteiger partial charge in [-0.15, -0.1) is 0 Å². The highest BCUT2D eigenvalue weighted by molar-refractivity contribution is 5.81. The summed E-state index contributed by atoms with van der Waals surface area (Å²) < 4.78 is 2.20. The molecule has 2 heterocycles. The minimum absolute atomic E-state index is 0.397. The molecular weight excluding hydrogens is 298 g/mol. The van der Waals surface area contributed by atoms with E-state index in [-0.39, 0.29) is 0 Å². The quantitative estimate of drug-likeness (QED) is 0.828. The van der Waals surface area contributed by atoms with Gasteiger partial charge in [0.05, 0.1) is 12.2 Å². The molecule has 0 bridgehead atoms. The first-order chi connectivity index (χ1) is 11.6. The summed E-state index contributed by atoms with van der Waals surface area (Å²) in [6, 6.07) is 1.37. The average Bonchev–Trinajstić information content (AvgIpc) is 3.01. The number of likely N-dealkylation sites (tertiary alicyclic amines) is 1. The molecule has 132 valence electrons. The molecule has 1 spiro atoms. The number of rotatable bonds is 5. The van der Waals surface area contributed by atoms with Gasteiger partial charge in [-0.2, -0.15) is 5.10 Å². The van der Waals surface area contributed by atoms with Gasteiger partial charge in [-0.05, 0) is 55.9 Å². The van der Waals surface area contributed by atoms with E-state index < -0.39 is 0 Å². The van der Waals surface area contributed by atoms with Gasteiger partial charge in [0.2, 0.25) is 0 Å². The van der Waals surface area contributed by atoms with Crippen molar-refractivity contribution in [3.8, 4) is 0 Å². The predicted octanol–water partition coefficient (Wildman–Crippen LogP) is 3.62. The number of hydrogen-bond acceptors (Lipinski definition) is 3. The fourth-order valence-electron chi connectivity index (χ4n) is 5.31. The molecule has 4 rings (SSSR count). The summed E-state index contributed by atoms with van der Waals surface area (Å²) in [6.45, 7) is 6.62. The molecule has 2 saturated carbocycles. The zero-order valence-corrected chi connectivity index (χ0v) is 15.2. The van der Waals surface area contributed by atoms with E-state index in [1.54, 1.807) is 0 Å². The standard InChI is InChI=1S/C20H31N3O/c1-3-15-13-21-23(14-15)17-5-7-22(8-6-17)18-11-20(12-18)9-16(10-20)19(24)4-2/h13-14,16-18H,3-12H2,1-2H3. The third kappa shape index (κ3) is 2.83. The van der Waals surface area contributed by atoms with Crippen LogP contribution in [0.3, 0.4) is 0 Å². The highest BCUT2D eigenvalue weighted by Gasteiger charge is 2.55. The summed E-state index contributed by atoms with van der Waals surface area (Å²) in [7, 11) is 0. The molecule has 0 aromatic carbocycles. The molecule has 0 N–H and O–H groups in total. The van der Waals surface area contributed by atoms with Crippen LogP contribution < -0.4 is 0 Å². The Morgan fingerprint density at radius 2 is 1.88 bits per heavy atom. The number of Topliss-reactive ketones (excluding diaryl/α,β-unsaturated/α-hetero) is 1. The Balaban J connectivity index is 1.23. The smallest absolute Gasteiger partial charge is 0.135 e.